The first kappa shape index (κ1) is 38.2. The van der Waals surface area contributed by atoms with Gasteiger partial charge in [-0.2, -0.15) is 43.2 Å². The average molecular weight is 707 g/mol. The monoisotopic (exact) mass is 706 g/mol. The van der Waals surface area contributed by atoms with E-state index >= 15 is 0 Å². The number of hydrogen-bond acceptors (Lipinski definition) is 7. The Kier molecular flexibility index (Phi) is 12.7. The lowest BCUT2D eigenvalue weighted by Crippen LogP contribution is -2.43. The maximum Gasteiger partial charge on any atom is 0.416 e. The topological polar surface area (TPSA) is 96.0 Å². The summed E-state index contributed by atoms with van der Waals surface area (Å²) in [5.41, 5.74) is -3.00. The molecule has 2 aromatic rings. The van der Waals surface area contributed by atoms with Crippen molar-refractivity contribution in [2.45, 2.75) is 76.9 Å². The van der Waals surface area contributed by atoms with Crippen molar-refractivity contribution >= 4 is 20.2 Å². The van der Waals surface area contributed by atoms with Gasteiger partial charge >= 0.3 is 12.4 Å². The van der Waals surface area contributed by atoms with Gasteiger partial charge in [0.15, 0.2) is 0 Å². The van der Waals surface area contributed by atoms with Gasteiger partial charge in [0, 0.05) is 5.92 Å². The van der Waals surface area contributed by atoms with Crippen LogP contribution < -0.4 is 0 Å². The van der Waals surface area contributed by atoms with Crippen LogP contribution in [0, 0.1) is 17.7 Å². The first-order valence-corrected chi connectivity index (χ1v) is 17.9. The van der Waals surface area contributed by atoms with Crippen molar-refractivity contribution in [2.75, 3.05) is 24.7 Å². The molecular weight excluding hydrogens is 669 g/mol. The van der Waals surface area contributed by atoms with E-state index in [9.17, 15) is 47.6 Å². The van der Waals surface area contributed by atoms with E-state index in [-0.39, 0.29) is 49.9 Å². The summed E-state index contributed by atoms with van der Waals surface area (Å²) in [4.78, 5) is 0. The van der Waals surface area contributed by atoms with Crippen LogP contribution in [0.25, 0.3) is 0 Å². The Balaban J connectivity index is 2.05. The Morgan fingerprint density at radius 3 is 1.76 bits per heavy atom. The fourth-order valence-corrected chi connectivity index (χ4v) is 7.62. The molecule has 1 aliphatic rings. The average Bonchev–Trinajstić information content (AvgIpc) is 2.94. The van der Waals surface area contributed by atoms with Gasteiger partial charge in [-0.25, -0.2) is 4.39 Å². The molecule has 0 spiro atoms. The molecule has 0 heterocycles. The molecule has 0 bridgehead atoms. The zero-order valence-electron chi connectivity index (χ0n) is 25.4. The molecule has 0 N–H and O–H groups in total. The van der Waals surface area contributed by atoms with Crippen molar-refractivity contribution < 1.29 is 60.7 Å². The van der Waals surface area contributed by atoms with Crippen molar-refractivity contribution in [2.24, 2.45) is 11.8 Å². The van der Waals surface area contributed by atoms with E-state index in [1.54, 1.807) is 13.8 Å². The first-order valence-electron chi connectivity index (χ1n) is 14.7. The Morgan fingerprint density at radius 1 is 0.783 bits per heavy atom. The predicted molar refractivity (Wildman–Crippen MR) is 155 cm³/mol. The van der Waals surface area contributed by atoms with Gasteiger partial charge in [-0.3, -0.25) is 8.37 Å². The van der Waals surface area contributed by atoms with Crippen molar-refractivity contribution in [3.63, 3.8) is 0 Å². The maximum absolute atomic E-state index is 13.9. The molecule has 1 saturated carbocycles. The highest BCUT2D eigenvalue weighted by molar-refractivity contribution is 7.86. The number of rotatable bonds is 14. The lowest BCUT2D eigenvalue weighted by atomic mass is 9.68. The zero-order chi connectivity index (χ0) is 34.5. The molecule has 5 atom stereocenters. The van der Waals surface area contributed by atoms with E-state index in [4.69, 9.17) is 13.1 Å². The molecule has 2 aromatic carbocycles. The van der Waals surface area contributed by atoms with Crippen LogP contribution in [0.3, 0.4) is 0 Å². The normalized spacial score (nSPS) is 22.1. The lowest BCUT2D eigenvalue weighted by Gasteiger charge is -2.43. The highest BCUT2D eigenvalue weighted by atomic mass is 32.2. The molecule has 46 heavy (non-hydrogen) atoms. The van der Waals surface area contributed by atoms with Crippen molar-refractivity contribution in [3.8, 4) is 0 Å². The third-order valence-corrected chi connectivity index (χ3v) is 10.6. The molecule has 0 unspecified atom stereocenters. The van der Waals surface area contributed by atoms with Crippen LogP contribution in [0.5, 0.6) is 0 Å². The van der Waals surface area contributed by atoms with Crippen LogP contribution in [-0.4, -0.2) is 47.7 Å². The summed E-state index contributed by atoms with van der Waals surface area (Å²) in [5.74, 6) is -3.46. The second-order valence-electron chi connectivity index (χ2n) is 11.3. The molecule has 7 nitrogen and oxygen atoms in total. The van der Waals surface area contributed by atoms with E-state index in [1.807, 2.05) is 0 Å². The summed E-state index contributed by atoms with van der Waals surface area (Å²) < 4.78 is 162. The molecule has 1 aliphatic carbocycles. The summed E-state index contributed by atoms with van der Waals surface area (Å²) in [6.45, 7) is 3.77. The Bertz CT molecular complexity index is 1480. The van der Waals surface area contributed by atoms with Gasteiger partial charge in [0.2, 0.25) is 0 Å². The van der Waals surface area contributed by atoms with Gasteiger partial charge in [-0.1, -0.05) is 26.0 Å². The summed E-state index contributed by atoms with van der Waals surface area (Å²) in [7, 11) is -7.93. The number of ether oxygens (including phenoxy) is 1. The standard InChI is InChI=1S/C30H37F7O7S2/c1-4-12-45(38,39)42-17-21-8-11-27(44-19(3)22-14-23(29(32,33)34)16-24(15-22)30(35,36)37)28(20-6-9-25(31)10-7-20)26(21)18-43-46(40,41)13-5-2/h6-7,9-10,14-16,19,21,26-28H,4-5,8,11-13,17-18H2,1-3H3/t19-,21-,26-,27+,28+/m1/s1. The van der Waals surface area contributed by atoms with Crippen LogP contribution >= 0.6 is 0 Å². The third kappa shape index (κ3) is 10.6. The highest BCUT2D eigenvalue weighted by Crippen LogP contribution is 2.46. The van der Waals surface area contributed by atoms with Crippen LogP contribution in [-0.2, 0) is 45.7 Å². The van der Waals surface area contributed by atoms with Crippen LogP contribution in [0.1, 0.15) is 80.7 Å². The number of alkyl halides is 6. The van der Waals surface area contributed by atoms with Crippen molar-refractivity contribution in [1.82, 2.24) is 0 Å². The smallest absolute Gasteiger partial charge is 0.370 e. The largest absolute Gasteiger partial charge is 0.416 e. The third-order valence-electron chi connectivity index (χ3n) is 7.81. The molecular formula is C30H37F7O7S2. The van der Waals surface area contributed by atoms with E-state index in [0.29, 0.717) is 17.7 Å². The minimum absolute atomic E-state index is 0.0133. The molecule has 0 aliphatic heterocycles. The summed E-state index contributed by atoms with van der Waals surface area (Å²) >= 11 is 0. The Morgan fingerprint density at radius 2 is 1.28 bits per heavy atom. The molecule has 3 rings (SSSR count). The number of halogens is 7. The number of benzene rings is 2. The van der Waals surface area contributed by atoms with E-state index in [1.165, 1.54) is 19.1 Å². The molecule has 16 heteroatoms. The number of hydrogen-bond donors (Lipinski definition) is 0. The maximum atomic E-state index is 13.9. The molecule has 0 amide bonds. The summed E-state index contributed by atoms with van der Waals surface area (Å²) in [6, 6.07) is 6.23. The summed E-state index contributed by atoms with van der Waals surface area (Å²) in [5, 5.41) is 0. The first-order chi connectivity index (χ1) is 21.3. The highest BCUT2D eigenvalue weighted by Gasteiger charge is 2.44. The van der Waals surface area contributed by atoms with Crippen LogP contribution in [0.4, 0.5) is 30.7 Å². The van der Waals surface area contributed by atoms with Crippen molar-refractivity contribution in [3.05, 3.63) is 70.5 Å². The van der Waals surface area contributed by atoms with Crippen molar-refractivity contribution in [1.29, 1.82) is 0 Å². The lowest BCUT2D eigenvalue weighted by molar-refractivity contribution is -0.143. The zero-order valence-corrected chi connectivity index (χ0v) is 27.0. The second kappa shape index (κ2) is 15.3. The van der Waals surface area contributed by atoms with Gasteiger partial charge in [-0.15, -0.1) is 0 Å². The summed E-state index contributed by atoms with van der Waals surface area (Å²) in [6.07, 6.45) is -11.5. The van der Waals surface area contributed by atoms with E-state index in [0.717, 1.165) is 12.1 Å². The van der Waals surface area contributed by atoms with Gasteiger partial charge in [0.25, 0.3) is 20.2 Å². The van der Waals surface area contributed by atoms with Crippen LogP contribution in [0.15, 0.2) is 42.5 Å². The van der Waals surface area contributed by atoms with E-state index in [2.05, 4.69) is 0 Å². The molecule has 0 saturated heterocycles. The molecule has 0 aromatic heterocycles. The van der Waals surface area contributed by atoms with Gasteiger partial charge in [0.05, 0.1) is 48.1 Å². The fraction of sp³-hybridized carbons (Fsp3) is 0.600. The molecule has 1 fully saturated rings. The quantitative estimate of drug-likeness (QED) is 0.147. The van der Waals surface area contributed by atoms with Crippen LogP contribution in [0.2, 0.25) is 0 Å². The van der Waals surface area contributed by atoms with Gasteiger partial charge in [-0.05, 0) is 85.9 Å². The van der Waals surface area contributed by atoms with Gasteiger partial charge in [0.1, 0.15) is 5.82 Å². The predicted octanol–water partition coefficient (Wildman–Crippen LogP) is 7.63. The SMILES string of the molecule is CCCS(=O)(=O)OC[C@H]1CC[C@H](O[C@H](C)c2cc(C(F)(F)F)cc(C(F)(F)F)c2)[C@@H](c2ccc(F)cc2)[C@@H]1COS(=O)(=O)CCC. The van der Waals surface area contributed by atoms with Gasteiger partial charge < -0.3 is 4.74 Å². The van der Waals surface area contributed by atoms with E-state index < -0.39 is 91.7 Å². The molecule has 0 radical (unpaired) electrons. The fourth-order valence-electron chi connectivity index (χ4n) is 5.63. The second-order valence-corrected chi connectivity index (χ2v) is 14.8. The Hall–Kier alpha value is -2.27. The molecule has 260 valence electrons. The minimum Gasteiger partial charge on any atom is -0.370 e. The Labute approximate surface area is 264 Å². The minimum atomic E-state index is -5.07.